The van der Waals surface area contributed by atoms with Crippen molar-refractivity contribution >= 4 is 5.97 Å². The molecule has 1 unspecified atom stereocenters. The van der Waals surface area contributed by atoms with Crippen LogP contribution in [0.3, 0.4) is 0 Å². The van der Waals surface area contributed by atoms with Gasteiger partial charge in [-0.2, -0.15) is 0 Å². The smallest absolute Gasteiger partial charge is 0.352 e. The summed E-state index contributed by atoms with van der Waals surface area (Å²) in [6.07, 6.45) is -0.744. The van der Waals surface area contributed by atoms with Crippen LogP contribution in [0.4, 0.5) is 0 Å². The lowest BCUT2D eigenvalue weighted by molar-refractivity contribution is -0.151. The fourth-order valence-electron chi connectivity index (χ4n) is 2.17. The predicted octanol–water partition coefficient (Wildman–Crippen LogP) is 4.49. The molecule has 0 radical (unpaired) electrons. The van der Waals surface area contributed by atoms with Crippen LogP contribution >= 0.6 is 0 Å². The Morgan fingerprint density at radius 2 is 1.59 bits per heavy atom. The summed E-state index contributed by atoms with van der Waals surface area (Å²) in [4.78, 5) is 12.2. The molecule has 0 aliphatic heterocycles. The quantitative estimate of drug-likeness (QED) is 0.737. The van der Waals surface area contributed by atoms with Crippen molar-refractivity contribution in [3.8, 4) is 5.75 Å². The third kappa shape index (κ3) is 4.10. The number of hydrogen-bond donors (Lipinski definition) is 0. The van der Waals surface area contributed by atoms with Crippen LogP contribution in [0.2, 0.25) is 0 Å². The van der Waals surface area contributed by atoms with Crippen LogP contribution < -0.4 is 4.74 Å². The van der Waals surface area contributed by atoms with E-state index in [4.69, 9.17) is 9.47 Å². The molecule has 22 heavy (non-hydrogen) atoms. The van der Waals surface area contributed by atoms with Crippen molar-refractivity contribution in [3.63, 3.8) is 0 Å². The summed E-state index contributed by atoms with van der Waals surface area (Å²) in [6.45, 7) is 6.40. The van der Waals surface area contributed by atoms with Crippen molar-refractivity contribution < 1.29 is 14.3 Å². The lowest BCUT2D eigenvalue weighted by Gasteiger charge is -2.18. The zero-order valence-corrected chi connectivity index (χ0v) is 13.3. The highest BCUT2D eigenvalue weighted by Gasteiger charge is 2.23. The SMILES string of the molecule is CCOC(=O)C(Oc1ccc(C(C)C)cc1)c1ccccc1. The van der Waals surface area contributed by atoms with E-state index in [9.17, 15) is 4.79 Å². The Labute approximate surface area is 131 Å². The molecule has 0 aliphatic rings. The van der Waals surface area contributed by atoms with E-state index < -0.39 is 6.10 Å². The molecule has 0 saturated carbocycles. The average Bonchev–Trinajstić information content (AvgIpc) is 2.54. The molecule has 0 spiro atoms. The number of carbonyl (C=O) groups excluding carboxylic acids is 1. The molecule has 0 aliphatic carbocycles. The highest BCUT2D eigenvalue weighted by molar-refractivity contribution is 5.77. The van der Waals surface area contributed by atoms with Crippen LogP contribution in [0.5, 0.6) is 5.75 Å². The maximum absolute atomic E-state index is 12.2. The molecule has 1 atom stereocenters. The average molecular weight is 298 g/mol. The fourth-order valence-corrected chi connectivity index (χ4v) is 2.17. The first-order chi connectivity index (χ1) is 10.6. The van der Waals surface area contributed by atoms with Gasteiger partial charge in [0.15, 0.2) is 0 Å². The van der Waals surface area contributed by atoms with Crippen molar-refractivity contribution in [2.75, 3.05) is 6.61 Å². The second-order valence-electron chi connectivity index (χ2n) is 5.38. The number of carbonyl (C=O) groups is 1. The monoisotopic (exact) mass is 298 g/mol. The van der Waals surface area contributed by atoms with Crippen LogP contribution in [0.15, 0.2) is 54.6 Å². The Hall–Kier alpha value is -2.29. The Morgan fingerprint density at radius 1 is 0.955 bits per heavy atom. The fraction of sp³-hybridized carbons (Fsp3) is 0.316. The largest absolute Gasteiger partial charge is 0.474 e. The van der Waals surface area contributed by atoms with Gasteiger partial charge in [-0.25, -0.2) is 4.79 Å². The van der Waals surface area contributed by atoms with E-state index in [1.807, 2.05) is 54.6 Å². The number of hydrogen-bond acceptors (Lipinski definition) is 3. The van der Waals surface area contributed by atoms with Gasteiger partial charge in [0.1, 0.15) is 5.75 Å². The third-order valence-electron chi connectivity index (χ3n) is 3.40. The molecule has 0 bridgehead atoms. The Bertz CT molecular complexity index is 588. The van der Waals surface area contributed by atoms with E-state index in [0.29, 0.717) is 18.3 Å². The molecule has 3 nitrogen and oxygen atoms in total. The van der Waals surface area contributed by atoms with E-state index >= 15 is 0 Å². The van der Waals surface area contributed by atoms with Gasteiger partial charge in [0.25, 0.3) is 0 Å². The standard InChI is InChI=1S/C19H22O3/c1-4-21-19(20)18(16-8-6-5-7-9-16)22-17-12-10-15(11-13-17)14(2)3/h5-14,18H,4H2,1-3H3. The molecule has 2 rings (SSSR count). The summed E-state index contributed by atoms with van der Waals surface area (Å²) in [6, 6.07) is 17.2. The highest BCUT2D eigenvalue weighted by Crippen LogP contribution is 2.25. The van der Waals surface area contributed by atoms with Gasteiger partial charge in [-0.3, -0.25) is 0 Å². The molecule has 3 heteroatoms. The summed E-state index contributed by atoms with van der Waals surface area (Å²) in [5.74, 6) is 0.747. The van der Waals surface area contributed by atoms with Gasteiger partial charge in [0, 0.05) is 5.56 Å². The molecule has 0 aromatic heterocycles. The zero-order chi connectivity index (χ0) is 15.9. The number of benzene rings is 2. The molecule has 0 amide bonds. The predicted molar refractivity (Wildman–Crippen MR) is 87.0 cm³/mol. The number of esters is 1. The van der Waals surface area contributed by atoms with Crippen molar-refractivity contribution in [2.24, 2.45) is 0 Å². The third-order valence-corrected chi connectivity index (χ3v) is 3.40. The van der Waals surface area contributed by atoms with Crippen LogP contribution in [0.25, 0.3) is 0 Å². The second-order valence-corrected chi connectivity index (χ2v) is 5.38. The second kappa shape index (κ2) is 7.64. The first-order valence-corrected chi connectivity index (χ1v) is 7.60. The van der Waals surface area contributed by atoms with Crippen molar-refractivity contribution in [2.45, 2.75) is 32.8 Å². The Morgan fingerprint density at radius 3 is 2.14 bits per heavy atom. The van der Waals surface area contributed by atoms with Gasteiger partial charge in [-0.1, -0.05) is 56.3 Å². The van der Waals surface area contributed by atoms with Gasteiger partial charge < -0.3 is 9.47 Å². The maximum Gasteiger partial charge on any atom is 0.352 e. The van der Waals surface area contributed by atoms with Gasteiger partial charge in [-0.15, -0.1) is 0 Å². The lowest BCUT2D eigenvalue weighted by Crippen LogP contribution is -2.21. The highest BCUT2D eigenvalue weighted by atomic mass is 16.6. The number of ether oxygens (including phenoxy) is 2. The Kier molecular flexibility index (Phi) is 5.59. The van der Waals surface area contributed by atoms with Gasteiger partial charge in [-0.05, 0) is 30.5 Å². The molecule has 0 N–H and O–H groups in total. The first kappa shape index (κ1) is 16.1. The van der Waals surface area contributed by atoms with E-state index in [2.05, 4.69) is 13.8 Å². The van der Waals surface area contributed by atoms with Crippen molar-refractivity contribution in [1.82, 2.24) is 0 Å². The summed E-state index contributed by atoms with van der Waals surface area (Å²) in [5.41, 5.74) is 2.02. The molecule has 0 fully saturated rings. The molecule has 116 valence electrons. The van der Waals surface area contributed by atoms with Crippen molar-refractivity contribution in [1.29, 1.82) is 0 Å². The van der Waals surface area contributed by atoms with Gasteiger partial charge >= 0.3 is 5.97 Å². The zero-order valence-electron chi connectivity index (χ0n) is 13.3. The molecular formula is C19H22O3. The minimum Gasteiger partial charge on any atom is -0.474 e. The van der Waals surface area contributed by atoms with Crippen LogP contribution in [0, 0.1) is 0 Å². The maximum atomic E-state index is 12.2. The van der Waals surface area contributed by atoms with E-state index in [-0.39, 0.29) is 5.97 Å². The van der Waals surface area contributed by atoms with Gasteiger partial charge in [0.2, 0.25) is 6.10 Å². The van der Waals surface area contributed by atoms with Crippen LogP contribution in [-0.4, -0.2) is 12.6 Å². The first-order valence-electron chi connectivity index (χ1n) is 7.60. The normalized spacial score (nSPS) is 12.0. The summed E-state index contributed by atoms with van der Waals surface area (Å²) < 4.78 is 11.0. The van der Waals surface area contributed by atoms with Crippen LogP contribution in [0.1, 0.15) is 43.9 Å². The lowest BCUT2D eigenvalue weighted by atomic mass is 10.0. The number of rotatable bonds is 6. The van der Waals surface area contributed by atoms with Crippen molar-refractivity contribution in [3.05, 3.63) is 65.7 Å². The van der Waals surface area contributed by atoms with E-state index in [0.717, 1.165) is 5.56 Å². The van der Waals surface area contributed by atoms with E-state index in [1.54, 1.807) is 6.92 Å². The molecule has 2 aromatic rings. The van der Waals surface area contributed by atoms with Crippen LogP contribution in [-0.2, 0) is 9.53 Å². The van der Waals surface area contributed by atoms with Gasteiger partial charge in [0.05, 0.1) is 6.61 Å². The molecule has 2 aromatic carbocycles. The molecule has 0 heterocycles. The van der Waals surface area contributed by atoms with E-state index in [1.165, 1.54) is 5.56 Å². The summed E-state index contributed by atoms with van der Waals surface area (Å²) in [5, 5.41) is 0. The minimum atomic E-state index is -0.744. The Balaban J connectivity index is 2.21. The molecular weight excluding hydrogens is 276 g/mol. The summed E-state index contributed by atoms with van der Waals surface area (Å²) in [7, 11) is 0. The summed E-state index contributed by atoms with van der Waals surface area (Å²) >= 11 is 0. The topological polar surface area (TPSA) is 35.5 Å². The minimum absolute atomic E-state index is 0.331. The molecule has 0 saturated heterocycles.